The minimum Gasteiger partial charge on any atom is -0.478 e. The normalized spacial score (nSPS) is 18.7. The van der Waals surface area contributed by atoms with Crippen molar-refractivity contribution in [1.82, 2.24) is 4.90 Å². The number of nitrogens with one attached hydrogen (secondary N) is 1. The fourth-order valence-corrected chi connectivity index (χ4v) is 2.19. The fraction of sp³-hybridized carbons (Fsp3) is 0.385. The van der Waals surface area contributed by atoms with Crippen LogP contribution in [0.5, 0.6) is 0 Å². The van der Waals surface area contributed by atoms with Crippen LogP contribution in [0.3, 0.4) is 0 Å². The third kappa shape index (κ3) is 3.20. The lowest BCUT2D eigenvalue weighted by Crippen LogP contribution is -2.48. The predicted molar refractivity (Wildman–Crippen MR) is 74.4 cm³/mol. The summed E-state index contributed by atoms with van der Waals surface area (Å²) in [5.41, 5.74) is 0.466. The number of aromatic carboxylic acids is 1. The van der Waals surface area contributed by atoms with Gasteiger partial charge in [0.05, 0.1) is 35.5 Å². The Balaban J connectivity index is 2.09. The van der Waals surface area contributed by atoms with E-state index >= 15 is 0 Å². The standard InChI is InChI=1S/C13H15ClN2O4/c1-8-7-20-5-4-16(8)13(19)15-11-3-2-9(12(17)18)6-10(11)14/h2-3,6,8H,4-5,7H2,1H3,(H,15,19)(H,17,18). The summed E-state index contributed by atoms with van der Waals surface area (Å²) < 4.78 is 5.27. The number of halogens is 1. The number of urea groups is 1. The second-order valence-corrected chi connectivity index (χ2v) is 4.95. The van der Waals surface area contributed by atoms with Crippen molar-refractivity contribution in [1.29, 1.82) is 0 Å². The number of hydrogen-bond acceptors (Lipinski definition) is 3. The Bertz CT molecular complexity index is 535. The number of hydrogen-bond donors (Lipinski definition) is 2. The van der Waals surface area contributed by atoms with Gasteiger partial charge in [-0.25, -0.2) is 9.59 Å². The zero-order valence-electron chi connectivity index (χ0n) is 10.9. The topological polar surface area (TPSA) is 78.9 Å². The highest BCUT2D eigenvalue weighted by molar-refractivity contribution is 6.34. The van der Waals surface area contributed by atoms with E-state index in [1.165, 1.54) is 18.2 Å². The summed E-state index contributed by atoms with van der Waals surface area (Å²) in [5.74, 6) is -1.06. The number of anilines is 1. The number of carboxylic acids is 1. The molecule has 2 amide bonds. The van der Waals surface area contributed by atoms with Gasteiger partial charge in [-0.2, -0.15) is 0 Å². The number of amides is 2. The molecule has 1 aromatic rings. The largest absolute Gasteiger partial charge is 0.478 e. The monoisotopic (exact) mass is 298 g/mol. The maximum absolute atomic E-state index is 12.1. The molecule has 1 heterocycles. The van der Waals surface area contributed by atoms with Crippen molar-refractivity contribution >= 4 is 29.3 Å². The van der Waals surface area contributed by atoms with Crippen LogP contribution in [0.4, 0.5) is 10.5 Å². The van der Waals surface area contributed by atoms with Gasteiger partial charge in [-0.05, 0) is 25.1 Å². The van der Waals surface area contributed by atoms with E-state index in [-0.39, 0.29) is 22.7 Å². The molecule has 7 heteroatoms. The van der Waals surface area contributed by atoms with Gasteiger partial charge in [0.2, 0.25) is 0 Å². The first-order valence-corrected chi connectivity index (χ1v) is 6.55. The van der Waals surface area contributed by atoms with Crippen molar-refractivity contribution in [2.24, 2.45) is 0 Å². The summed E-state index contributed by atoms with van der Waals surface area (Å²) in [5, 5.41) is 11.7. The number of morpholine rings is 1. The van der Waals surface area contributed by atoms with E-state index in [4.69, 9.17) is 21.4 Å². The van der Waals surface area contributed by atoms with E-state index < -0.39 is 5.97 Å². The molecule has 1 aliphatic heterocycles. The third-order valence-corrected chi connectivity index (χ3v) is 3.40. The molecule has 0 radical (unpaired) electrons. The number of carboxylic acid groups (broad SMARTS) is 1. The van der Waals surface area contributed by atoms with Crippen molar-refractivity contribution in [3.8, 4) is 0 Å². The summed E-state index contributed by atoms with van der Waals surface area (Å²) >= 11 is 5.97. The molecule has 1 unspecified atom stereocenters. The minimum absolute atomic E-state index is 0.0131. The van der Waals surface area contributed by atoms with Gasteiger partial charge in [-0.15, -0.1) is 0 Å². The van der Waals surface area contributed by atoms with Crippen LogP contribution in [0, 0.1) is 0 Å². The van der Waals surface area contributed by atoms with Crippen LogP contribution in [0.25, 0.3) is 0 Å². The summed E-state index contributed by atoms with van der Waals surface area (Å²) in [4.78, 5) is 24.6. The third-order valence-electron chi connectivity index (χ3n) is 3.09. The average molecular weight is 299 g/mol. The van der Waals surface area contributed by atoms with Crippen LogP contribution in [0.1, 0.15) is 17.3 Å². The number of benzene rings is 1. The van der Waals surface area contributed by atoms with Crippen molar-refractivity contribution < 1.29 is 19.4 Å². The molecule has 0 aromatic heterocycles. The summed E-state index contributed by atoms with van der Waals surface area (Å²) in [6.07, 6.45) is 0. The van der Waals surface area contributed by atoms with E-state index in [1.807, 2.05) is 6.92 Å². The van der Waals surface area contributed by atoms with E-state index in [0.29, 0.717) is 25.4 Å². The molecule has 1 atom stereocenters. The molecular weight excluding hydrogens is 284 g/mol. The van der Waals surface area contributed by atoms with Crippen LogP contribution in [-0.2, 0) is 4.74 Å². The van der Waals surface area contributed by atoms with Crippen LogP contribution < -0.4 is 5.32 Å². The molecule has 2 N–H and O–H groups in total. The van der Waals surface area contributed by atoms with Crippen LogP contribution in [0.15, 0.2) is 18.2 Å². The molecule has 20 heavy (non-hydrogen) atoms. The molecule has 0 aliphatic carbocycles. The number of carbonyl (C=O) groups is 2. The molecule has 0 saturated carbocycles. The Labute approximate surface area is 121 Å². The Morgan fingerprint density at radius 1 is 1.50 bits per heavy atom. The summed E-state index contributed by atoms with van der Waals surface area (Å²) in [7, 11) is 0. The molecule has 1 fully saturated rings. The lowest BCUT2D eigenvalue weighted by Gasteiger charge is -2.33. The van der Waals surface area contributed by atoms with Crippen molar-refractivity contribution in [3.63, 3.8) is 0 Å². The molecule has 1 aliphatic rings. The summed E-state index contributed by atoms with van der Waals surface area (Å²) in [6, 6.07) is 3.90. The Hall–Kier alpha value is -1.79. The van der Waals surface area contributed by atoms with Gasteiger partial charge < -0.3 is 20.1 Å². The quantitative estimate of drug-likeness (QED) is 0.878. The second-order valence-electron chi connectivity index (χ2n) is 4.55. The molecule has 6 nitrogen and oxygen atoms in total. The zero-order valence-corrected chi connectivity index (χ0v) is 11.7. The maximum Gasteiger partial charge on any atom is 0.335 e. The second kappa shape index (κ2) is 6.11. The first kappa shape index (κ1) is 14.6. The first-order chi connectivity index (χ1) is 9.49. The molecule has 1 aromatic carbocycles. The van der Waals surface area contributed by atoms with Crippen LogP contribution in [0.2, 0.25) is 5.02 Å². The Morgan fingerprint density at radius 3 is 2.85 bits per heavy atom. The predicted octanol–water partition coefficient (Wildman–Crippen LogP) is 2.29. The molecular formula is C13H15ClN2O4. The molecule has 1 saturated heterocycles. The highest BCUT2D eigenvalue weighted by Crippen LogP contribution is 2.24. The van der Waals surface area contributed by atoms with E-state index in [2.05, 4.69) is 5.32 Å². The fourth-order valence-electron chi connectivity index (χ4n) is 1.97. The van der Waals surface area contributed by atoms with E-state index in [1.54, 1.807) is 4.90 Å². The molecule has 0 bridgehead atoms. The van der Waals surface area contributed by atoms with Gasteiger partial charge in [-0.3, -0.25) is 0 Å². The molecule has 2 rings (SSSR count). The smallest absolute Gasteiger partial charge is 0.335 e. The van der Waals surface area contributed by atoms with Crippen molar-refractivity contribution in [3.05, 3.63) is 28.8 Å². The van der Waals surface area contributed by atoms with Gasteiger partial charge in [-0.1, -0.05) is 11.6 Å². The number of ether oxygens (including phenoxy) is 1. The highest BCUT2D eigenvalue weighted by Gasteiger charge is 2.24. The lowest BCUT2D eigenvalue weighted by atomic mass is 10.2. The van der Waals surface area contributed by atoms with Gasteiger partial charge in [0.1, 0.15) is 0 Å². The minimum atomic E-state index is -1.06. The van der Waals surface area contributed by atoms with Crippen LogP contribution in [-0.4, -0.2) is 47.8 Å². The number of rotatable bonds is 2. The Morgan fingerprint density at radius 2 is 2.25 bits per heavy atom. The molecule has 0 spiro atoms. The van der Waals surface area contributed by atoms with Gasteiger partial charge in [0.15, 0.2) is 0 Å². The Kier molecular flexibility index (Phi) is 4.46. The van der Waals surface area contributed by atoms with Crippen LogP contribution >= 0.6 is 11.6 Å². The van der Waals surface area contributed by atoms with E-state index in [9.17, 15) is 9.59 Å². The number of nitrogens with zero attached hydrogens (tertiary/aromatic N) is 1. The zero-order chi connectivity index (χ0) is 14.7. The lowest BCUT2D eigenvalue weighted by molar-refractivity contribution is 0.0222. The van der Waals surface area contributed by atoms with Crippen molar-refractivity contribution in [2.75, 3.05) is 25.1 Å². The van der Waals surface area contributed by atoms with Gasteiger partial charge in [0.25, 0.3) is 0 Å². The van der Waals surface area contributed by atoms with Gasteiger partial charge in [0, 0.05) is 6.54 Å². The molecule has 108 valence electrons. The maximum atomic E-state index is 12.1. The first-order valence-electron chi connectivity index (χ1n) is 6.17. The summed E-state index contributed by atoms with van der Waals surface area (Å²) in [6.45, 7) is 3.41. The highest BCUT2D eigenvalue weighted by atomic mass is 35.5. The van der Waals surface area contributed by atoms with Gasteiger partial charge >= 0.3 is 12.0 Å². The van der Waals surface area contributed by atoms with Crippen molar-refractivity contribution in [2.45, 2.75) is 13.0 Å². The number of carbonyl (C=O) groups excluding carboxylic acids is 1. The van der Waals surface area contributed by atoms with E-state index in [0.717, 1.165) is 0 Å². The SMILES string of the molecule is CC1COCCN1C(=O)Nc1ccc(C(=O)O)cc1Cl. The average Bonchev–Trinajstić information content (AvgIpc) is 2.41.